The Bertz CT molecular complexity index is 702. The molecule has 2 aromatic rings. The van der Waals surface area contributed by atoms with Crippen LogP contribution in [0.25, 0.3) is 0 Å². The van der Waals surface area contributed by atoms with E-state index in [0.717, 1.165) is 0 Å². The molecule has 106 valence electrons. The predicted octanol–water partition coefficient (Wildman–Crippen LogP) is 0.467. The third kappa shape index (κ3) is 2.25. The van der Waals surface area contributed by atoms with Gasteiger partial charge >= 0.3 is 0 Å². The Kier molecular flexibility index (Phi) is 3.49. The highest BCUT2D eigenvalue weighted by Crippen LogP contribution is 2.21. The Labute approximate surface area is 119 Å². The van der Waals surface area contributed by atoms with E-state index >= 15 is 0 Å². The summed E-state index contributed by atoms with van der Waals surface area (Å²) < 4.78 is 2.65. The van der Waals surface area contributed by atoms with Crippen molar-refractivity contribution in [1.29, 1.82) is 0 Å². The van der Waals surface area contributed by atoms with Crippen LogP contribution in [0.5, 0.6) is 0 Å². The molecule has 0 aliphatic heterocycles. The lowest BCUT2D eigenvalue weighted by Gasteiger charge is -2.06. The molecule has 0 bridgehead atoms. The molecule has 8 nitrogen and oxygen atoms in total. The maximum absolute atomic E-state index is 12.2. The molecular weight excluding hydrogens is 284 g/mol. The predicted molar refractivity (Wildman–Crippen MR) is 72.6 cm³/mol. The van der Waals surface area contributed by atoms with Gasteiger partial charge in [0.05, 0.1) is 22.6 Å². The molecule has 0 fully saturated rings. The van der Waals surface area contributed by atoms with Crippen LogP contribution in [0.15, 0.2) is 6.20 Å². The van der Waals surface area contributed by atoms with Crippen molar-refractivity contribution < 1.29 is 9.59 Å². The molecule has 9 heteroatoms. The maximum Gasteiger partial charge on any atom is 0.275 e. The van der Waals surface area contributed by atoms with Crippen molar-refractivity contribution in [1.82, 2.24) is 19.6 Å². The highest BCUT2D eigenvalue weighted by molar-refractivity contribution is 6.34. The largest absolute Gasteiger partial charge is 0.364 e. The zero-order valence-corrected chi connectivity index (χ0v) is 11.9. The van der Waals surface area contributed by atoms with Gasteiger partial charge in [0, 0.05) is 14.1 Å². The molecule has 2 rings (SSSR count). The van der Waals surface area contributed by atoms with Gasteiger partial charge in [-0.15, -0.1) is 0 Å². The van der Waals surface area contributed by atoms with Crippen LogP contribution in [-0.4, -0.2) is 31.4 Å². The molecule has 2 aromatic heterocycles. The molecule has 0 aliphatic carbocycles. The lowest BCUT2D eigenvalue weighted by Crippen LogP contribution is -2.21. The molecule has 0 saturated heterocycles. The summed E-state index contributed by atoms with van der Waals surface area (Å²) in [6.45, 7) is 1.69. The molecular formula is C11H13ClN6O2. The van der Waals surface area contributed by atoms with Crippen LogP contribution >= 0.6 is 11.6 Å². The van der Waals surface area contributed by atoms with Gasteiger partial charge < -0.3 is 11.1 Å². The summed E-state index contributed by atoms with van der Waals surface area (Å²) in [6, 6.07) is 0. The average Bonchev–Trinajstić information content (AvgIpc) is 2.81. The van der Waals surface area contributed by atoms with Crippen molar-refractivity contribution in [2.75, 3.05) is 5.32 Å². The third-order valence-corrected chi connectivity index (χ3v) is 3.24. The van der Waals surface area contributed by atoms with Crippen molar-refractivity contribution >= 4 is 29.1 Å². The normalized spacial score (nSPS) is 10.6. The third-order valence-electron chi connectivity index (χ3n) is 2.78. The molecule has 3 N–H and O–H groups in total. The Hall–Kier alpha value is -2.35. The Morgan fingerprint density at radius 2 is 1.95 bits per heavy atom. The monoisotopic (exact) mass is 296 g/mol. The summed E-state index contributed by atoms with van der Waals surface area (Å²) >= 11 is 6.03. The van der Waals surface area contributed by atoms with Crippen LogP contribution in [0.3, 0.4) is 0 Å². The molecule has 2 amide bonds. The molecule has 0 saturated carbocycles. The van der Waals surface area contributed by atoms with E-state index in [1.54, 1.807) is 21.0 Å². The van der Waals surface area contributed by atoms with E-state index in [9.17, 15) is 9.59 Å². The first-order valence-electron chi connectivity index (χ1n) is 5.65. The number of nitrogens with two attached hydrogens (primary N) is 1. The lowest BCUT2D eigenvalue weighted by atomic mass is 10.3. The summed E-state index contributed by atoms with van der Waals surface area (Å²) in [5, 5.41) is 10.7. The lowest BCUT2D eigenvalue weighted by molar-refractivity contribution is 0.0992. The van der Waals surface area contributed by atoms with Gasteiger partial charge in [0.2, 0.25) is 0 Å². The van der Waals surface area contributed by atoms with E-state index in [4.69, 9.17) is 17.3 Å². The maximum atomic E-state index is 12.2. The number of amides is 2. The van der Waals surface area contributed by atoms with Gasteiger partial charge in [-0.05, 0) is 6.92 Å². The first-order chi connectivity index (χ1) is 9.32. The van der Waals surface area contributed by atoms with Gasteiger partial charge in [0.1, 0.15) is 11.4 Å². The van der Waals surface area contributed by atoms with Gasteiger partial charge in [-0.2, -0.15) is 10.2 Å². The summed E-state index contributed by atoms with van der Waals surface area (Å²) in [4.78, 5) is 23.5. The van der Waals surface area contributed by atoms with Gasteiger partial charge in [-0.1, -0.05) is 11.6 Å². The number of nitrogens with zero attached hydrogens (tertiary/aromatic N) is 4. The van der Waals surface area contributed by atoms with E-state index < -0.39 is 11.8 Å². The number of hydrogen-bond donors (Lipinski definition) is 2. The SMILES string of the molecule is Cc1nn(C)c(C(=O)Nc2cnn(C)c2C(N)=O)c1Cl. The second kappa shape index (κ2) is 4.97. The zero-order valence-electron chi connectivity index (χ0n) is 11.1. The first-order valence-corrected chi connectivity index (χ1v) is 6.03. The van der Waals surface area contributed by atoms with Crippen molar-refractivity contribution in [2.24, 2.45) is 19.8 Å². The molecule has 0 atom stereocenters. The summed E-state index contributed by atoms with van der Waals surface area (Å²) in [6.07, 6.45) is 1.34. The molecule has 0 radical (unpaired) electrons. The second-order valence-electron chi connectivity index (χ2n) is 4.22. The minimum atomic E-state index is -0.687. The van der Waals surface area contributed by atoms with Gasteiger partial charge in [0.15, 0.2) is 0 Å². The van der Waals surface area contributed by atoms with Crippen LogP contribution in [0.1, 0.15) is 26.7 Å². The number of carbonyl (C=O) groups excluding carboxylic acids is 2. The van der Waals surface area contributed by atoms with Gasteiger partial charge in [-0.3, -0.25) is 19.0 Å². The molecule has 0 spiro atoms. The first kappa shape index (κ1) is 14.1. The van der Waals surface area contributed by atoms with Crippen LogP contribution in [0.2, 0.25) is 5.02 Å². The Morgan fingerprint density at radius 1 is 1.30 bits per heavy atom. The van der Waals surface area contributed by atoms with E-state index in [0.29, 0.717) is 5.69 Å². The number of hydrogen-bond acceptors (Lipinski definition) is 4. The van der Waals surface area contributed by atoms with E-state index in [-0.39, 0.29) is 22.1 Å². The van der Waals surface area contributed by atoms with Crippen LogP contribution < -0.4 is 11.1 Å². The standard InChI is InChI=1S/C11H13ClN6O2/c1-5-7(12)9(18(3)16-5)11(20)15-6-4-14-17(2)8(6)10(13)19/h4H,1-3H3,(H2,13,19)(H,15,20). The number of halogens is 1. The number of primary amides is 1. The summed E-state index contributed by atoms with van der Waals surface area (Å²) in [7, 11) is 3.16. The molecule has 0 aromatic carbocycles. The minimum Gasteiger partial charge on any atom is -0.364 e. The van der Waals surface area contributed by atoms with E-state index in [2.05, 4.69) is 15.5 Å². The fourth-order valence-corrected chi connectivity index (χ4v) is 2.13. The molecule has 20 heavy (non-hydrogen) atoms. The fraction of sp³-hybridized carbons (Fsp3) is 0.273. The van der Waals surface area contributed by atoms with Gasteiger partial charge in [0.25, 0.3) is 11.8 Å². The van der Waals surface area contributed by atoms with Crippen LogP contribution in [0.4, 0.5) is 5.69 Å². The van der Waals surface area contributed by atoms with Gasteiger partial charge in [-0.25, -0.2) is 0 Å². The van der Waals surface area contributed by atoms with E-state index in [1.807, 2.05) is 0 Å². The van der Waals surface area contributed by atoms with Crippen molar-refractivity contribution in [3.05, 3.63) is 28.3 Å². The number of aromatic nitrogens is 4. The number of rotatable bonds is 3. The topological polar surface area (TPSA) is 108 Å². The Morgan fingerprint density at radius 3 is 2.45 bits per heavy atom. The highest BCUT2D eigenvalue weighted by atomic mass is 35.5. The fourth-order valence-electron chi connectivity index (χ4n) is 1.88. The highest BCUT2D eigenvalue weighted by Gasteiger charge is 2.22. The number of carbonyl (C=O) groups is 2. The van der Waals surface area contributed by atoms with Crippen molar-refractivity contribution in [2.45, 2.75) is 6.92 Å². The molecule has 0 unspecified atom stereocenters. The number of anilines is 1. The number of aryl methyl sites for hydroxylation is 3. The number of nitrogens with one attached hydrogen (secondary N) is 1. The molecule has 2 heterocycles. The average molecular weight is 297 g/mol. The summed E-state index contributed by atoms with van der Waals surface area (Å²) in [5.41, 5.74) is 6.31. The Balaban J connectivity index is 2.36. The van der Waals surface area contributed by atoms with Crippen molar-refractivity contribution in [3.8, 4) is 0 Å². The zero-order chi connectivity index (χ0) is 15.0. The van der Waals surface area contributed by atoms with Crippen LogP contribution in [0, 0.1) is 6.92 Å². The van der Waals surface area contributed by atoms with E-state index in [1.165, 1.54) is 15.6 Å². The van der Waals surface area contributed by atoms with Crippen molar-refractivity contribution in [3.63, 3.8) is 0 Å². The smallest absolute Gasteiger partial charge is 0.275 e. The summed E-state index contributed by atoms with van der Waals surface area (Å²) in [5.74, 6) is -1.18. The molecule has 0 aliphatic rings. The quantitative estimate of drug-likeness (QED) is 0.858. The second-order valence-corrected chi connectivity index (χ2v) is 4.60. The van der Waals surface area contributed by atoms with Crippen LogP contribution in [-0.2, 0) is 14.1 Å². The minimum absolute atomic E-state index is 0.105.